The van der Waals surface area contributed by atoms with Crippen LogP contribution in [0.5, 0.6) is 0 Å². The van der Waals surface area contributed by atoms with Gasteiger partial charge in [0.2, 0.25) is 5.91 Å². The molecule has 176 valence electrons. The molecule has 0 unspecified atom stereocenters. The fraction of sp³-hybridized carbons (Fsp3) is 0.393. The zero-order valence-corrected chi connectivity index (χ0v) is 20.2. The van der Waals surface area contributed by atoms with Crippen LogP contribution < -0.4 is 10.9 Å². The second-order valence-corrected chi connectivity index (χ2v) is 9.84. The number of aryl methyl sites for hydroxylation is 2. The van der Waals surface area contributed by atoms with Crippen molar-refractivity contribution in [3.05, 3.63) is 75.7 Å². The molecule has 0 saturated heterocycles. The van der Waals surface area contributed by atoms with Crippen LogP contribution in [0.25, 0.3) is 21.8 Å². The summed E-state index contributed by atoms with van der Waals surface area (Å²) < 4.78 is 3.39. The Morgan fingerprint density at radius 1 is 1.09 bits per heavy atom. The highest BCUT2D eigenvalue weighted by atomic mass is 16.2. The number of nitrogens with one attached hydrogen (secondary N) is 1. The van der Waals surface area contributed by atoms with E-state index in [4.69, 9.17) is 0 Å². The van der Waals surface area contributed by atoms with Crippen molar-refractivity contribution < 1.29 is 4.79 Å². The maximum absolute atomic E-state index is 13.7. The summed E-state index contributed by atoms with van der Waals surface area (Å²) in [6, 6.07) is 14.6. The summed E-state index contributed by atoms with van der Waals surface area (Å²) in [4.78, 5) is 26.5. The van der Waals surface area contributed by atoms with Crippen molar-refractivity contribution in [3.63, 3.8) is 0 Å². The van der Waals surface area contributed by atoms with Crippen LogP contribution in [-0.2, 0) is 17.9 Å². The third kappa shape index (κ3) is 4.13. The monoisotopic (exact) mass is 456 g/mol. The van der Waals surface area contributed by atoms with Gasteiger partial charge in [-0.1, -0.05) is 61.7 Å². The number of rotatable bonds is 5. The van der Waals surface area contributed by atoms with Crippen molar-refractivity contribution >= 4 is 27.7 Å². The van der Waals surface area contributed by atoms with E-state index >= 15 is 0 Å². The molecule has 6 heteroatoms. The molecule has 1 fully saturated rings. The Morgan fingerprint density at radius 3 is 2.71 bits per heavy atom. The van der Waals surface area contributed by atoms with Crippen molar-refractivity contribution in [2.24, 2.45) is 5.92 Å². The third-order valence-electron chi connectivity index (χ3n) is 7.36. The van der Waals surface area contributed by atoms with Crippen LogP contribution in [0, 0.1) is 19.8 Å². The van der Waals surface area contributed by atoms with Gasteiger partial charge in [0.1, 0.15) is 12.1 Å². The summed E-state index contributed by atoms with van der Waals surface area (Å²) in [6.45, 7) is 6.88. The normalized spacial score (nSPS) is 18.4. The summed E-state index contributed by atoms with van der Waals surface area (Å²) in [7, 11) is 0. The van der Waals surface area contributed by atoms with E-state index in [2.05, 4.69) is 54.0 Å². The SMILES string of the molecule is Cc1ccc(C)c(Cn2c3ccccc3c3cnn(CC(=O)N[C@H]4CCCC[C@@H]4C)c(=O)c32)c1. The average molecular weight is 457 g/mol. The van der Waals surface area contributed by atoms with E-state index in [9.17, 15) is 9.59 Å². The highest BCUT2D eigenvalue weighted by Gasteiger charge is 2.24. The number of para-hydroxylation sites is 1. The quantitative estimate of drug-likeness (QED) is 0.473. The van der Waals surface area contributed by atoms with E-state index in [1.807, 2.05) is 24.3 Å². The van der Waals surface area contributed by atoms with Gasteiger partial charge in [0.05, 0.1) is 6.20 Å². The van der Waals surface area contributed by atoms with Crippen molar-refractivity contribution in [2.45, 2.75) is 65.6 Å². The lowest BCUT2D eigenvalue weighted by atomic mass is 9.86. The molecule has 0 radical (unpaired) electrons. The second kappa shape index (κ2) is 9.09. The Labute approximate surface area is 199 Å². The zero-order valence-electron chi connectivity index (χ0n) is 20.2. The van der Waals surface area contributed by atoms with Crippen LogP contribution in [0.15, 0.2) is 53.5 Å². The van der Waals surface area contributed by atoms with E-state index in [-0.39, 0.29) is 24.1 Å². The fourth-order valence-corrected chi connectivity index (χ4v) is 5.33. The molecule has 2 heterocycles. The van der Waals surface area contributed by atoms with E-state index in [1.165, 1.54) is 27.8 Å². The van der Waals surface area contributed by atoms with Crippen LogP contribution in [0.4, 0.5) is 0 Å². The minimum atomic E-state index is -0.231. The van der Waals surface area contributed by atoms with Crippen LogP contribution in [-0.4, -0.2) is 26.3 Å². The molecule has 6 nitrogen and oxygen atoms in total. The van der Waals surface area contributed by atoms with Crippen molar-refractivity contribution in [3.8, 4) is 0 Å². The number of hydrogen-bond acceptors (Lipinski definition) is 3. The predicted octanol–water partition coefficient (Wildman–Crippen LogP) is 4.71. The smallest absolute Gasteiger partial charge is 0.291 e. The minimum Gasteiger partial charge on any atom is -0.351 e. The summed E-state index contributed by atoms with van der Waals surface area (Å²) in [5.41, 5.74) is 4.91. The van der Waals surface area contributed by atoms with Gasteiger partial charge in [-0.25, -0.2) is 4.68 Å². The number of carbonyl (C=O) groups is 1. The Balaban J connectivity index is 1.55. The van der Waals surface area contributed by atoms with E-state index in [0.29, 0.717) is 18.0 Å². The molecular formula is C28H32N4O2. The van der Waals surface area contributed by atoms with Gasteiger partial charge in [-0.15, -0.1) is 0 Å². The average Bonchev–Trinajstić information content (AvgIpc) is 3.14. The molecule has 2 aromatic heterocycles. The predicted molar refractivity (Wildman–Crippen MR) is 136 cm³/mol. The molecule has 0 bridgehead atoms. The van der Waals surface area contributed by atoms with Crippen molar-refractivity contribution in [2.75, 3.05) is 0 Å². The molecule has 1 saturated carbocycles. The molecule has 1 amide bonds. The van der Waals surface area contributed by atoms with Gasteiger partial charge in [-0.3, -0.25) is 9.59 Å². The minimum absolute atomic E-state index is 0.0665. The summed E-state index contributed by atoms with van der Waals surface area (Å²) in [6.07, 6.45) is 6.22. The zero-order chi connectivity index (χ0) is 23.8. The standard InChI is InChI=1S/C28H32N4O2/c1-18-12-13-19(2)21(14-18)16-31-25-11-7-5-9-22(25)23-15-29-32(28(34)27(23)31)17-26(33)30-24-10-6-4-8-20(24)3/h5,7,9,11-15,20,24H,4,6,8,10,16-17H2,1-3H3,(H,30,33)/t20-,24-/m0/s1. The third-order valence-corrected chi connectivity index (χ3v) is 7.36. The molecule has 34 heavy (non-hydrogen) atoms. The van der Waals surface area contributed by atoms with Gasteiger partial charge in [-0.05, 0) is 49.8 Å². The largest absolute Gasteiger partial charge is 0.351 e. The van der Waals surface area contributed by atoms with Gasteiger partial charge < -0.3 is 9.88 Å². The highest BCUT2D eigenvalue weighted by molar-refractivity contribution is 6.07. The Morgan fingerprint density at radius 2 is 1.88 bits per heavy atom. The van der Waals surface area contributed by atoms with Gasteiger partial charge in [0.15, 0.2) is 0 Å². The number of nitrogens with zero attached hydrogens (tertiary/aromatic N) is 3. The van der Waals surface area contributed by atoms with Gasteiger partial charge in [0.25, 0.3) is 5.56 Å². The fourth-order valence-electron chi connectivity index (χ4n) is 5.33. The topological polar surface area (TPSA) is 68.9 Å². The summed E-state index contributed by atoms with van der Waals surface area (Å²) >= 11 is 0. The molecule has 0 spiro atoms. The summed E-state index contributed by atoms with van der Waals surface area (Å²) in [5.74, 6) is 0.315. The van der Waals surface area contributed by atoms with Crippen LogP contribution in [0.2, 0.25) is 0 Å². The number of aromatic nitrogens is 3. The van der Waals surface area contributed by atoms with E-state index < -0.39 is 0 Å². The molecule has 5 rings (SSSR count). The van der Waals surface area contributed by atoms with Gasteiger partial charge >= 0.3 is 0 Å². The lowest BCUT2D eigenvalue weighted by Gasteiger charge is -2.29. The molecule has 2 aromatic carbocycles. The van der Waals surface area contributed by atoms with E-state index in [1.54, 1.807) is 6.20 Å². The van der Waals surface area contributed by atoms with Crippen LogP contribution in [0.1, 0.15) is 49.3 Å². The van der Waals surface area contributed by atoms with Crippen LogP contribution >= 0.6 is 0 Å². The molecule has 1 aliphatic carbocycles. The summed E-state index contributed by atoms with van der Waals surface area (Å²) in [5, 5.41) is 9.36. The first kappa shape index (κ1) is 22.4. The second-order valence-electron chi connectivity index (χ2n) is 9.84. The van der Waals surface area contributed by atoms with Crippen molar-refractivity contribution in [1.82, 2.24) is 19.7 Å². The Kier molecular flexibility index (Phi) is 5.98. The molecule has 1 N–H and O–H groups in total. The molecule has 4 aromatic rings. The Hall–Kier alpha value is -3.41. The molecule has 1 aliphatic rings. The van der Waals surface area contributed by atoms with Crippen LogP contribution in [0.3, 0.4) is 0 Å². The Bertz CT molecular complexity index is 1430. The van der Waals surface area contributed by atoms with Crippen molar-refractivity contribution in [1.29, 1.82) is 0 Å². The lowest BCUT2D eigenvalue weighted by molar-refractivity contribution is -0.123. The molecular weight excluding hydrogens is 424 g/mol. The first-order valence-electron chi connectivity index (χ1n) is 12.2. The first-order chi connectivity index (χ1) is 16.4. The number of amides is 1. The first-order valence-corrected chi connectivity index (χ1v) is 12.2. The van der Waals surface area contributed by atoms with Gasteiger partial charge in [0, 0.05) is 28.9 Å². The lowest BCUT2D eigenvalue weighted by Crippen LogP contribution is -2.43. The number of hydrogen-bond donors (Lipinski definition) is 1. The molecule has 2 atom stereocenters. The molecule has 0 aliphatic heterocycles. The number of benzene rings is 2. The van der Waals surface area contributed by atoms with E-state index in [0.717, 1.165) is 35.6 Å². The number of carbonyl (C=O) groups excluding carboxylic acids is 1. The van der Waals surface area contributed by atoms with Gasteiger partial charge in [-0.2, -0.15) is 5.10 Å². The highest BCUT2D eigenvalue weighted by Crippen LogP contribution is 2.28. The number of fused-ring (bicyclic) bond motifs is 3. The maximum atomic E-state index is 13.7. The maximum Gasteiger partial charge on any atom is 0.291 e.